The number of aliphatic hydroxyl groups is 1. The minimum Gasteiger partial charge on any atom is -0.387 e. The van der Waals surface area contributed by atoms with Crippen molar-refractivity contribution in [3.8, 4) is 0 Å². The first-order chi connectivity index (χ1) is 10.1. The fourth-order valence-corrected chi connectivity index (χ4v) is 4.04. The number of thioether (sulfide) groups is 1. The second-order valence-electron chi connectivity index (χ2n) is 6.57. The van der Waals surface area contributed by atoms with Crippen LogP contribution in [-0.2, 0) is 6.42 Å². The van der Waals surface area contributed by atoms with E-state index < -0.39 is 6.10 Å². The third kappa shape index (κ3) is 6.01. The van der Waals surface area contributed by atoms with Crippen LogP contribution < -0.4 is 5.32 Å². The van der Waals surface area contributed by atoms with Crippen molar-refractivity contribution in [1.29, 1.82) is 0 Å². The number of rotatable bonds is 7. The molecule has 1 unspecified atom stereocenters. The van der Waals surface area contributed by atoms with Crippen molar-refractivity contribution < 1.29 is 5.11 Å². The van der Waals surface area contributed by atoms with E-state index in [4.69, 9.17) is 0 Å². The summed E-state index contributed by atoms with van der Waals surface area (Å²) in [6.07, 6.45) is 3.35. The molecule has 3 heteroatoms. The van der Waals surface area contributed by atoms with Gasteiger partial charge in [-0.25, -0.2) is 0 Å². The Labute approximate surface area is 133 Å². The highest BCUT2D eigenvalue weighted by Gasteiger charge is 2.14. The zero-order valence-electron chi connectivity index (χ0n) is 13.3. The maximum Gasteiger partial charge on any atom is 0.0914 e. The molecule has 0 bridgehead atoms. The summed E-state index contributed by atoms with van der Waals surface area (Å²) in [4.78, 5) is 0. The van der Waals surface area contributed by atoms with Crippen LogP contribution in [0.15, 0.2) is 24.3 Å². The van der Waals surface area contributed by atoms with Gasteiger partial charge in [0.2, 0.25) is 0 Å². The Morgan fingerprint density at radius 3 is 2.48 bits per heavy atom. The molecule has 1 aliphatic rings. The first-order valence-corrected chi connectivity index (χ1v) is 9.36. The van der Waals surface area contributed by atoms with Crippen LogP contribution >= 0.6 is 11.8 Å². The number of hydrogen-bond donors (Lipinski definition) is 2. The van der Waals surface area contributed by atoms with Gasteiger partial charge in [0.1, 0.15) is 0 Å². The molecule has 0 spiro atoms. The van der Waals surface area contributed by atoms with Gasteiger partial charge in [-0.2, -0.15) is 11.8 Å². The zero-order chi connectivity index (χ0) is 15.1. The van der Waals surface area contributed by atoms with Crippen LogP contribution in [0.1, 0.15) is 43.9 Å². The highest BCUT2D eigenvalue weighted by molar-refractivity contribution is 7.99. The Morgan fingerprint density at radius 1 is 1.19 bits per heavy atom. The van der Waals surface area contributed by atoms with Gasteiger partial charge in [-0.1, -0.05) is 38.1 Å². The van der Waals surface area contributed by atoms with E-state index in [9.17, 15) is 5.11 Å². The minimum absolute atomic E-state index is 0.393. The van der Waals surface area contributed by atoms with Gasteiger partial charge in [0.05, 0.1) is 6.10 Å². The molecule has 0 radical (unpaired) electrons. The predicted molar refractivity (Wildman–Crippen MR) is 92.9 cm³/mol. The standard InChI is InChI=1S/C18H29NOS/c1-14(2)11-15-3-5-17(6-4-15)18(20)13-19-12-16-7-9-21-10-8-16/h3-6,14,16,18-20H,7-13H2,1-2H3. The molecular formula is C18H29NOS. The summed E-state index contributed by atoms with van der Waals surface area (Å²) in [5.41, 5.74) is 2.38. The number of aliphatic hydroxyl groups excluding tert-OH is 1. The second-order valence-corrected chi connectivity index (χ2v) is 7.79. The van der Waals surface area contributed by atoms with Crippen molar-refractivity contribution in [2.24, 2.45) is 11.8 Å². The van der Waals surface area contributed by atoms with Gasteiger partial charge in [-0.15, -0.1) is 0 Å². The molecule has 0 aliphatic carbocycles. The van der Waals surface area contributed by atoms with Crippen molar-refractivity contribution in [1.82, 2.24) is 5.32 Å². The van der Waals surface area contributed by atoms with Crippen molar-refractivity contribution in [3.05, 3.63) is 35.4 Å². The van der Waals surface area contributed by atoms with E-state index in [1.807, 2.05) is 0 Å². The van der Waals surface area contributed by atoms with Crippen LogP contribution in [0.5, 0.6) is 0 Å². The summed E-state index contributed by atoms with van der Waals surface area (Å²) >= 11 is 2.06. The molecular weight excluding hydrogens is 278 g/mol. The second kappa shape index (κ2) is 8.82. The molecule has 0 saturated carbocycles. The van der Waals surface area contributed by atoms with Crippen molar-refractivity contribution in [3.63, 3.8) is 0 Å². The number of nitrogens with one attached hydrogen (secondary N) is 1. The lowest BCUT2D eigenvalue weighted by molar-refractivity contribution is 0.172. The Morgan fingerprint density at radius 2 is 1.86 bits per heavy atom. The molecule has 0 aromatic heterocycles. The first-order valence-electron chi connectivity index (χ1n) is 8.20. The molecule has 2 N–H and O–H groups in total. The van der Waals surface area contributed by atoms with Crippen LogP contribution in [0, 0.1) is 11.8 Å². The lowest BCUT2D eigenvalue weighted by atomic mass is 10.00. The summed E-state index contributed by atoms with van der Waals surface area (Å²) < 4.78 is 0. The fraction of sp³-hybridized carbons (Fsp3) is 0.667. The summed E-state index contributed by atoms with van der Waals surface area (Å²) in [6, 6.07) is 8.44. The minimum atomic E-state index is -0.393. The van der Waals surface area contributed by atoms with Gasteiger partial charge < -0.3 is 10.4 Å². The van der Waals surface area contributed by atoms with Crippen molar-refractivity contribution in [2.75, 3.05) is 24.6 Å². The summed E-state index contributed by atoms with van der Waals surface area (Å²) in [6.45, 7) is 6.17. The molecule has 21 heavy (non-hydrogen) atoms. The molecule has 1 saturated heterocycles. The highest BCUT2D eigenvalue weighted by atomic mass is 32.2. The van der Waals surface area contributed by atoms with Crippen LogP contribution in [0.4, 0.5) is 0 Å². The van der Waals surface area contributed by atoms with E-state index in [0.29, 0.717) is 12.5 Å². The number of benzene rings is 1. The maximum absolute atomic E-state index is 10.3. The van der Waals surface area contributed by atoms with E-state index in [2.05, 4.69) is 55.2 Å². The van der Waals surface area contributed by atoms with Crippen molar-refractivity contribution in [2.45, 2.75) is 39.2 Å². The molecule has 2 nitrogen and oxygen atoms in total. The van der Waals surface area contributed by atoms with Crippen LogP contribution in [0.2, 0.25) is 0 Å². The first kappa shape index (κ1) is 16.9. The third-order valence-electron chi connectivity index (χ3n) is 4.12. The topological polar surface area (TPSA) is 32.3 Å². The predicted octanol–water partition coefficient (Wildman–Crippen LogP) is 3.65. The molecule has 1 aromatic rings. The quantitative estimate of drug-likeness (QED) is 0.806. The molecule has 1 aromatic carbocycles. The molecule has 1 fully saturated rings. The fourth-order valence-electron chi connectivity index (χ4n) is 2.84. The Kier molecular flexibility index (Phi) is 7.08. The zero-order valence-corrected chi connectivity index (χ0v) is 14.2. The molecule has 1 atom stereocenters. The van der Waals surface area contributed by atoms with E-state index >= 15 is 0 Å². The summed E-state index contributed by atoms with van der Waals surface area (Å²) in [7, 11) is 0. The average Bonchev–Trinajstić information content (AvgIpc) is 2.48. The van der Waals surface area contributed by atoms with Gasteiger partial charge in [-0.05, 0) is 60.3 Å². The Balaban J connectivity index is 1.73. The monoisotopic (exact) mass is 307 g/mol. The molecule has 2 rings (SSSR count). The van der Waals surface area contributed by atoms with Gasteiger partial charge >= 0.3 is 0 Å². The SMILES string of the molecule is CC(C)Cc1ccc(C(O)CNCC2CCSCC2)cc1. The van der Waals surface area contributed by atoms with Crippen molar-refractivity contribution >= 4 is 11.8 Å². The van der Waals surface area contributed by atoms with Crippen LogP contribution in [0.3, 0.4) is 0 Å². The lowest BCUT2D eigenvalue weighted by Gasteiger charge is -2.22. The number of hydrogen-bond acceptors (Lipinski definition) is 3. The molecule has 1 heterocycles. The van der Waals surface area contributed by atoms with E-state index in [0.717, 1.165) is 24.4 Å². The summed E-state index contributed by atoms with van der Waals surface area (Å²) in [5, 5.41) is 13.7. The average molecular weight is 308 g/mol. The van der Waals surface area contributed by atoms with Crippen LogP contribution in [-0.4, -0.2) is 29.7 Å². The van der Waals surface area contributed by atoms with E-state index in [1.54, 1.807) is 0 Å². The molecule has 0 amide bonds. The Hall–Kier alpha value is -0.510. The Bertz CT molecular complexity index is 398. The third-order valence-corrected chi connectivity index (χ3v) is 5.17. The van der Waals surface area contributed by atoms with Gasteiger partial charge in [0.25, 0.3) is 0 Å². The highest BCUT2D eigenvalue weighted by Crippen LogP contribution is 2.22. The lowest BCUT2D eigenvalue weighted by Crippen LogP contribution is -2.29. The van der Waals surface area contributed by atoms with E-state index in [1.165, 1.54) is 29.9 Å². The largest absolute Gasteiger partial charge is 0.387 e. The van der Waals surface area contributed by atoms with Gasteiger partial charge in [-0.3, -0.25) is 0 Å². The normalized spacial score (nSPS) is 18.1. The molecule has 1 aliphatic heterocycles. The smallest absolute Gasteiger partial charge is 0.0914 e. The maximum atomic E-state index is 10.3. The summed E-state index contributed by atoms with van der Waals surface area (Å²) in [5.74, 6) is 4.07. The molecule has 118 valence electrons. The van der Waals surface area contributed by atoms with E-state index in [-0.39, 0.29) is 0 Å². The van der Waals surface area contributed by atoms with Gasteiger partial charge in [0, 0.05) is 6.54 Å². The van der Waals surface area contributed by atoms with Crippen LogP contribution in [0.25, 0.3) is 0 Å². The van der Waals surface area contributed by atoms with Gasteiger partial charge in [0.15, 0.2) is 0 Å².